The second-order valence-corrected chi connectivity index (χ2v) is 7.54. The number of piperidine rings is 1. The predicted molar refractivity (Wildman–Crippen MR) is 127 cm³/mol. The van der Waals surface area contributed by atoms with Crippen molar-refractivity contribution in [1.82, 2.24) is 15.2 Å². The van der Waals surface area contributed by atoms with E-state index in [9.17, 15) is 0 Å². The van der Waals surface area contributed by atoms with Crippen molar-refractivity contribution >= 4 is 41.5 Å². The summed E-state index contributed by atoms with van der Waals surface area (Å²) < 4.78 is 0. The van der Waals surface area contributed by atoms with Crippen LogP contribution in [0.25, 0.3) is 0 Å². The van der Waals surface area contributed by atoms with Crippen molar-refractivity contribution in [2.75, 3.05) is 26.7 Å². The van der Waals surface area contributed by atoms with Crippen molar-refractivity contribution in [2.24, 2.45) is 16.6 Å². The van der Waals surface area contributed by atoms with Gasteiger partial charge < -0.3 is 11.1 Å². The Morgan fingerprint density at radius 2 is 2.18 bits per heavy atom. The lowest BCUT2D eigenvalue weighted by Gasteiger charge is -2.39. The molecule has 3 N–H and O–H groups in total. The van der Waals surface area contributed by atoms with Crippen LogP contribution in [-0.4, -0.2) is 42.5 Å². The molecule has 2 aromatic rings. The maximum absolute atomic E-state index is 6.21. The lowest BCUT2D eigenvalue weighted by molar-refractivity contribution is 0.125. The molecule has 2 unspecified atom stereocenters. The largest absolute Gasteiger partial charge is 0.370 e. The Bertz CT molecular complexity index is 755. The summed E-state index contributed by atoms with van der Waals surface area (Å²) in [5, 5.41) is 3.98. The second-order valence-electron chi connectivity index (χ2n) is 7.11. The van der Waals surface area contributed by atoms with Crippen molar-refractivity contribution < 1.29 is 0 Å². The van der Waals surface area contributed by atoms with Crippen LogP contribution in [0.3, 0.4) is 0 Å². The van der Waals surface area contributed by atoms with Crippen LogP contribution in [0.4, 0.5) is 0 Å². The molecule has 1 aromatic heterocycles. The Balaban J connectivity index is 0.00000280. The molecule has 28 heavy (non-hydrogen) atoms. The van der Waals surface area contributed by atoms with Crippen molar-refractivity contribution in [2.45, 2.75) is 25.3 Å². The normalized spacial score (nSPS) is 20.4. The Morgan fingerprint density at radius 1 is 1.32 bits per heavy atom. The third-order valence-electron chi connectivity index (χ3n) is 5.11. The first-order valence-corrected chi connectivity index (χ1v) is 9.90. The summed E-state index contributed by atoms with van der Waals surface area (Å²) in [4.78, 5) is 11.3. The van der Waals surface area contributed by atoms with E-state index >= 15 is 0 Å². The smallest absolute Gasteiger partial charge is 0.188 e. The summed E-state index contributed by atoms with van der Waals surface area (Å²) in [7, 11) is 2.18. The minimum atomic E-state index is 0. The number of hydrogen-bond acceptors (Lipinski definition) is 3. The van der Waals surface area contributed by atoms with Gasteiger partial charge in [0.1, 0.15) is 0 Å². The first-order valence-electron chi connectivity index (χ1n) is 9.53. The van der Waals surface area contributed by atoms with Gasteiger partial charge in [-0.05, 0) is 62.2 Å². The molecule has 7 heteroatoms. The molecule has 3 rings (SSSR count). The molecule has 1 saturated heterocycles. The number of rotatable bonds is 6. The van der Waals surface area contributed by atoms with Crippen LogP contribution in [0.2, 0.25) is 5.02 Å². The van der Waals surface area contributed by atoms with E-state index in [2.05, 4.69) is 39.4 Å². The number of hydrogen-bond donors (Lipinski definition) is 2. The molecule has 0 radical (unpaired) electrons. The zero-order valence-corrected chi connectivity index (χ0v) is 19.3. The Kier molecular flexibility index (Phi) is 9.47. The molecule has 1 fully saturated rings. The number of nitrogens with two attached hydrogens (primary N) is 1. The molecule has 5 nitrogen and oxygen atoms in total. The van der Waals surface area contributed by atoms with Crippen molar-refractivity contribution in [1.29, 1.82) is 0 Å². The van der Waals surface area contributed by atoms with Crippen LogP contribution in [0, 0.1) is 5.92 Å². The maximum Gasteiger partial charge on any atom is 0.188 e. The minimum Gasteiger partial charge on any atom is -0.370 e. The average Bonchev–Trinajstić information content (AvgIpc) is 2.67. The van der Waals surface area contributed by atoms with Gasteiger partial charge in [0.05, 0.1) is 0 Å². The summed E-state index contributed by atoms with van der Waals surface area (Å²) in [6.07, 6.45) is 4.96. The van der Waals surface area contributed by atoms with Gasteiger partial charge in [0.15, 0.2) is 5.96 Å². The molecule has 152 valence electrons. The average molecular weight is 514 g/mol. The Morgan fingerprint density at radius 3 is 2.93 bits per heavy atom. The number of halogens is 2. The highest BCUT2D eigenvalue weighted by Crippen LogP contribution is 2.36. The number of benzene rings is 1. The van der Waals surface area contributed by atoms with Crippen LogP contribution in [0.1, 0.15) is 30.1 Å². The van der Waals surface area contributed by atoms with Gasteiger partial charge >= 0.3 is 0 Å². The minimum absolute atomic E-state index is 0. The van der Waals surface area contributed by atoms with E-state index in [1.807, 2.05) is 36.5 Å². The molecule has 2 heterocycles. The number of aromatic nitrogens is 1. The number of pyridine rings is 1. The van der Waals surface area contributed by atoms with Crippen LogP contribution in [0.15, 0.2) is 53.7 Å². The molecule has 0 spiro atoms. The zero-order chi connectivity index (χ0) is 19.1. The Hall–Kier alpha value is -1.38. The molecule has 0 aliphatic carbocycles. The van der Waals surface area contributed by atoms with Gasteiger partial charge in [-0.1, -0.05) is 29.8 Å². The fraction of sp³-hybridized carbons (Fsp3) is 0.429. The van der Waals surface area contributed by atoms with E-state index in [0.29, 0.717) is 24.5 Å². The third kappa shape index (κ3) is 6.60. The van der Waals surface area contributed by atoms with Gasteiger partial charge in [0, 0.05) is 42.5 Å². The van der Waals surface area contributed by atoms with Crippen LogP contribution >= 0.6 is 35.6 Å². The molecule has 0 bridgehead atoms. The van der Waals surface area contributed by atoms with E-state index in [1.54, 1.807) is 0 Å². The summed E-state index contributed by atoms with van der Waals surface area (Å²) in [5.74, 6) is 0.933. The summed E-state index contributed by atoms with van der Waals surface area (Å²) >= 11 is 6.21. The van der Waals surface area contributed by atoms with E-state index in [1.165, 1.54) is 12.0 Å². The standard InChI is InChI=1S/C21H28ClN5.HI/c1-27-13-5-7-17(20(27)16-6-4-8-18(22)14-16)15-26-21(23)25-12-10-19-9-2-3-11-24-19;/h2-4,6,8-9,11,14,17,20H,5,7,10,12-13,15H2,1H3,(H3,23,25,26);1H. The van der Waals surface area contributed by atoms with Crippen LogP contribution in [-0.2, 0) is 6.42 Å². The van der Waals surface area contributed by atoms with Crippen molar-refractivity contribution in [3.05, 3.63) is 64.9 Å². The fourth-order valence-corrected chi connectivity index (χ4v) is 4.00. The van der Waals surface area contributed by atoms with Gasteiger partial charge in [-0.25, -0.2) is 0 Å². The van der Waals surface area contributed by atoms with Gasteiger partial charge in [-0.3, -0.25) is 14.9 Å². The molecule has 1 aliphatic rings. The topological polar surface area (TPSA) is 66.5 Å². The monoisotopic (exact) mass is 513 g/mol. The van der Waals surface area contributed by atoms with Gasteiger partial charge in [-0.15, -0.1) is 24.0 Å². The second kappa shape index (κ2) is 11.6. The SMILES string of the molecule is CN1CCCC(CN=C(N)NCCc2ccccn2)C1c1cccc(Cl)c1.I. The Labute approximate surface area is 189 Å². The third-order valence-corrected chi connectivity index (χ3v) is 5.34. The number of aliphatic imine (C=N–C) groups is 1. The first-order chi connectivity index (χ1) is 13.1. The molecule has 1 aromatic carbocycles. The highest BCUT2D eigenvalue weighted by Gasteiger charge is 2.30. The highest BCUT2D eigenvalue weighted by atomic mass is 127. The van der Waals surface area contributed by atoms with E-state index in [-0.39, 0.29) is 24.0 Å². The quantitative estimate of drug-likeness (QED) is 0.349. The zero-order valence-electron chi connectivity index (χ0n) is 16.2. The molecule has 0 saturated carbocycles. The highest BCUT2D eigenvalue weighted by molar-refractivity contribution is 14.0. The molecule has 2 atom stereocenters. The number of guanidine groups is 1. The van der Waals surface area contributed by atoms with Crippen molar-refractivity contribution in [3.8, 4) is 0 Å². The predicted octanol–water partition coefficient (Wildman–Crippen LogP) is 3.88. The van der Waals surface area contributed by atoms with E-state index < -0.39 is 0 Å². The summed E-state index contributed by atoms with van der Waals surface area (Å²) in [5.41, 5.74) is 8.39. The van der Waals surface area contributed by atoms with E-state index in [4.69, 9.17) is 17.3 Å². The van der Waals surface area contributed by atoms with Crippen LogP contribution in [0.5, 0.6) is 0 Å². The number of likely N-dealkylation sites (tertiary alicyclic amines) is 1. The lowest BCUT2D eigenvalue weighted by atomic mass is 9.85. The van der Waals surface area contributed by atoms with Gasteiger partial charge in [-0.2, -0.15) is 0 Å². The number of nitrogens with zero attached hydrogens (tertiary/aromatic N) is 3. The van der Waals surface area contributed by atoms with Gasteiger partial charge in [0.25, 0.3) is 0 Å². The molecule has 0 amide bonds. The van der Waals surface area contributed by atoms with Crippen LogP contribution < -0.4 is 11.1 Å². The summed E-state index contributed by atoms with van der Waals surface area (Å²) in [6, 6.07) is 14.4. The molecular weight excluding hydrogens is 485 g/mol. The molecule has 1 aliphatic heterocycles. The molecular formula is C21H29ClIN5. The number of nitrogens with one attached hydrogen (secondary N) is 1. The van der Waals surface area contributed by atoms with Crippen molar-refractivity contribution in [3.63, 3.8) is 0 Å². The lowest BCUT2D eigenvalue weighted by Crippen LogP contribution is -2.39. The first kappa shape index (κ1) is 22.9. The van der Waals surface area contributed by atoms with E-state index in [0.717, 1.165) is 36.6 Å². The summed E-state index contributed by atoms with van der Waals surface area (Å²) in [6.45, 7) is 2.54. The fourth-order valence-electron chi connectivity index (χ4n) is 3.80. The van der Waals surface area contributed by atoms with Gasteiger partial charge in [0.2, 0.25) is 0 Å². The maximum atomic E-state index is 6.21.